The molecule has 2 saturated heterocycles. The molecule has 4 amide bonds. The minimum atomic E-state index is -0.694. The number of rotatable bonds is 23. The minimum absolute atomic E-state index is 0.0385. The molecule has 0 radical (unpaired) electrons. The van der Waals surface area contributed by atoms with E-state index in [0.29, 0.717) is 44.0 Å². The van der Waals surface area contributed by atoms with Crippen molar-refractivity contribution in [1.82, 2.24) is 21.3 Å². The monoisotopic (exact) mass is 662 g/mol. The summed E-state index contributed by atoms with van der Waals surface area (Å²) in [6, 6.07) is 0.407. The van der Waals surface area contributed by atoms with Gasteiger partial charge >= 0.3 is 6.03 Å². The summed E-state index contributed by atoms with van der Waals surface area (Å²) in [5.74, 6) is 0.628. The van der Waals surface area contributed by atoms with E-state index >= 15 is 0 Å². The first-order valence-corrected chi connectivity index (χ1v) is 18.8. The van der Waals surface area contributed by atoms with E-state index in [2.05, 4.69) is 28.2 Å². The molecule has 3 rings (SSSR count). The van der Waals surface area contributed by atoms with Crippen LogP contribution in [-0.2, 0) is 14.4 Å². The molecule has 260 valence electrons. The van der Waals surface area contributed by atoms with Gasteiger partial charge in [-0.05, 0) is 57.8 Å². The van der Waals surface area contributed by atoms with Crippen LogP contribution in [0.4, 0.5) is 4.79 Å². The average Bonchev–Trinajstić information content (AvgIpc) is 3.66. The number of thioether (sulfide) groups is 1. The summed E-state index contributed by atoms with van der Waals surface area (Å²) in [7, 11) is 0. The first-order chi connectivity index (χ1) is 22.3. The van der Waals surface area contributed by atoms with Gasteiger partial charge in [0.2, 0.25) is 11.8 Å². The van der Waals surface area contributed by atoms with Crippen LogP contribution in [0.1, 0.15) is 110 Å². The van der Waals surface area contributed by atoms with Gasteiger partial charge in [0.05, 0.1) is 24.3 Å². The summed E-state index contributed by atoms with van der Waals surface area (Å²) >= 11 is 1.90. The van der Waals surface area contributed by atoms with Gasteiger partial charge in [-0.15, -0.1) is 0 Å². The summed E-state index contributed by atoms with van der Waals surface area (Å²) in [5, 5.41) is 32.9. The first-order valence-electron chi connectivity index (χ1n) is 17.7. The maximum atomic E-state index is 12.4. The average molecular weight is 663 g/mol. The summed E-state index contributed by atoms with van der Waals surface area (Å²) in [6.07, 6.45) is 18.9. The Morgan fingerprint density at radius 1 is 0.957 bits per heavy atom. The topological polar surface area (TPSA) is 157 Å². The number of carbonyl (C=O) groups is 4. The lowest BCUT2D eigenvalue weighted by atomic mass is 9.90. The third kappa shape index (κ3) is 13.8. The standard InChI is InChI=1S/C35H58N4O6S/c1-2-3-7-14-25(40)19-20-27-26(29(41)23-30(27)42)15-8-4-5-9-17-32(43)36-21-12-6-13-22-37-33(44)18-11-10-16-31-34-28(24-46-31)38-35(45)39-34/h4,8,19-20,25-28,30-31,34,40,42H,2-3,5-7,9-18,21-24H2,1H3,(H,36,43)(H,37,44)(H2,38,39,45)/b8-4-,20-19+/t25-,26+,27+,28+,30+,31+,34-/m0/s1. The largest absolute Gasteiger partial charge is 0.392 e. The number of fused-ring (bicyclic) bond motifs is 1. The minimum Gasteiger partial charge on any atom is -0.392 e. The quantitative estimate of drug-likeness (QED) is 0.0541. The molecule has 1 saturated carbocycles. The van der Waals surface area contributed by atoms with Crippen molar-refractivity contribution in [2.75, 3.05) is 18.8 Å². The van der Waals surface area contributed by atoms with E-state index in [1.54, 1.807) is 6.08 Å². The van der Waals surface area contributed by atoms with E-state index in [0.717, 1.165) is 76.4 Å². The van der Waals surface area contributed by atoms with Gasteiger partial charge in [-0.25, -0.2) is 4.79 Å². The molecule has 3 aliphatic rings. The SMILES string of the molecule is CCCCC[C@H](O)/C=C/[C@H]1[C@H](O)CC(=O)[C@@H]1C/C=C\CCCC(=O)NCCCCCNC(=O)CCCC[C@H]1SC[C@H]2NC(=O)N[C@@H]21. The zero-order chi connectivity index (χ0) is 33.1. The van der Waals surface area contributed by atoms with Crippen LogP contribution in [0.2, 0.25) is 0 Å². The fourth-order valence-corrected chi connectivity index (χ4v) is 8.10. The summed E-state index contributed by atoms with van der Waals surface area (Å²) < 4.78 is 0. The normalized spacial score (nSPS) is 26.4. The zero-order valence-electron chi connectivity index (χ0n) is 27.7. The lowest BCUT2D eigenvalue weighted by Gasteiger charge is -2.16. The van der Waals surface area contributed by atoms with Crippen molar-refractivity contribution in [3.63, 3.8) is 0 Å². The third-order valence-electron chi connectivity index (χ3n) is 9.30. The molecule has 0 spiro atoms. The number of amides is 4. The lowest BCUT2D eigenvalue weighted by Crippen LogP contribution is -2.36. The van der Waals surface area contributed by atoms with Crippen molar-refractivity contribution in [3.8, 4) is 0 Å². The van der Waals surface area contributed by atoms with Crippen molar-refractivity contribution in [2.45, 2.75) is 139 Å². The van der Waals surface area contributed by atoms with Crippen molar-refractivity contribution >= 4 is 35.4 Å². The number of Topliss-reactive ketones (excluding diaryl/α,β-unsaturated/α-hetero) is 1. The molecule has 7 atom stereocenters. The van der Waals surface area contributed by atoms with Gasteiger partial charge in [-0.1, -0.05) is 56.9 Å². The fourth-order valence-electron chi connectivity index (χ4n) is 6.56. The van der Waals surface area contributed by atoms with Gasteiger partial charge < -0.3 is 31.5 Å². The number of aliphatic hydroxyl groups is 2. The second-order valence-electron chi connectivity index (χ2n) is 13.1. The number of allylic oxidation sites excluding steroid dienone is 2. The third-order valence-corrected chi connectivity index (χ3v) is 10.8. The Morgan fingerprint density at radius 3 is 2.43 bits per heavy atom. The molecule has 2 heterocycles. The second-order valence-corrected chi connectivity index (χ2v) is 14.4. The van der Waals surface area contributed by atoms with Crippen LogP contribution in [0.15, 0.2) is 24.3 Å². The first kappa shape index (κ1) is 38.1. The van der Waals surface area contributed by atoms with E-state index in [9.17, 15) is 29.4 Å². The number of unbranched alkanes of at least 4 members (excludes halogenated alkanes) is 6. The number of aliphatic hydroxyl groups excluding tert-OH is 2. The van der Waals surface area contributed by atoms with Crippen molar-refractivity contribution in [3.05, 3.63) is 24.3 Å². The highest BCUT2D eigenvalue weighted by molar-refractivity contribution is 8.00. The van der Waals surface area contributed by atoms with Crippen LogP contribution in [-0.4, -0.2) is 82.2 Å². The summed E-state index contributed by atoms with van der Waals surface area (Å²) in [6.45, 7) is 3.41. The van der Waals surface area contributed by atoms with Crippen LogP contribution >= 0.6 is 11.8 Å². The Hall–Kier alpha value is -2.37. The number of hydrogen-bond donors (Lipinski definition) is 6. The molecule has 1 aliphatic carbocycles. The Morgan fingerprint density at radius 2 is 1.70 bits per heavy atom. The van der Waals surface area contributed by atoms with Gasteiger partial charge in [-0.2, -0.15) is 11.8 Å². The van der Waals surface area contributed by atoms with Gasteiger partial charge in [-0.3, -0.25) is 14.4 Å². The van der Waals surface area contributed by atoms with Crippen LogP contribution in [0, 0.1) is 11.8 Å². The van der Waals surface area contributed by atoms with Crippen molar-refractivity contribution < 1.29 is 29.4 Å². The Balaban J connectivity index is 1.13. The molecule has 0 unspecified atom stereocenters. The maximum Gasteiger partial charge on any atom is 0.315 e. The van der Waals surface area contributed by atoms with Crippen LogP contribution in [0.25, 0.3) is 0 Å². The highest BCUT2D eigenvalue weighted by atomic mass is 32.2. The maximum absolute atomic E-state index is 12.4. The molecule has 6 N–H and O–H groups in total. The van der Waals surface area contributed by atoms with Gasteiger partial charge in [0.25, 0.3) is 0 Å². The van der Waals surface area contributed by atoms with Crippen LogP contribution in [0.5, 0.6) is 0 Å². The van der Waals surface area contributed by atoms with Crippen molar-refractivity contribution in [2.24, 2.45) is 11.8 Å². The van der Waals surface area contributed by atoms with E-state index in [1.807, 2.05) is 30.0 Å². The van der Waals surface area contributed by atoms with E-state index in [-0.39, 0.29) is 54.0 Å². The van der Waals surface area contributed by atoms with E-state index in [4.69, 9.17) is 0 Å². The second kappa shape index (κ2) is 21.5. The molecule has 46 heavy (non-hydrogen) atoms. The number of hydrogen-bond acceptors (Lipinski definition) is 7. The van der Waals surface area contributed by atoms with Gasteiger partial charge in [0.15, 0.2) is 0 Å². The highest BCUT2D eigenvalue weighted by Gasteiger charge is 2.42. The predicted molar refractivity (Wildman–Crippen MR) is 183 cm³/mol. The Bertz CT molecular complexity index is 1020. The summed E-state index contributed by atoms with van der Waals surface area (Å²) in [5.41, 5.74) is 0. The van der Waals surface area contributed by atoms with Gasteiger partial charge in [0.1, 0.15) is 5.78 Å². The zero-order valence-corrected chi connectivity index (χ0v) is 28.5. The Kier molecular flexibility index (Phi) is 17.8. The van der Waals surface area contributed by atoms with E-state index < -0.39 is 12.2 Å². The number of nitrogens with one attached hydrogen (secondary N) is 4. The molecule has 3 fully saturated rings. The van der Waals surface area contributed by atoms with Crippen LogP contribution < -0.4 is 21.3 Å². The van der Waals surface area contributed by atoms with Gasteiger partial charge in [0, 0.05) is 55.2 Å². The molecule has 0 aromatic rings. The molecule has 0 aromatic carbocycles. The lowest BCUT2D eigenvalue weighted by molar-refractivity contribution is -0.122. The predicted octanol–water partition coefficient (Wildman–Crippen LogP) is 4.30. The summed E-state index contributed by atoms with van der Waals surface area (Å²) in [4.78, 5) is 48.2. The molecular formula is C35H58N4O6S. The molecule has 0 aromatic heterocycles. The fraction of sp³-hybridized carbons (Fsp3) is 0.771. The number of ketones is 1. The van der Waals surface area contributed by atoms with Crippen molar-refractivity contribution in [1.29, 1.82) is 0 Å². The molecular weight excluding hydrogens is 604 g/mol. The molecule has 11 heteroatoms. The number of urea groups is 1. The van der Waals surface area contributed by atoms with Crippen LogP contribution in [0.3, 0.4) is 0 Å². The molecule has 0 bridgehead atoms. The van der Waals surface area contributed by atoms with E-state index in [1.165, 1.54) is 0 Å². The highest BCUT2D eigenvalue weighted by Crippen LogP contribution is 2.34. The molecule has 10 nitrogen and oxygen atoms in total. The number of carbonyl (C=O) groups excluding carboxylic acids is 4. The molecule has 2 aliphatic heterocycles. The Labute approximate surface area is 279 Å². The smallest absolute Gasteiger partial charge is 0.315 e.